The van der Waals surface area contributed by atoms with Gasteiger partial charge in [-0.1, -0.05) is 0 Å². The molecule has 1 aromatic rings. The Morgan fingerprint density at radius 3 is 2.81 bits per heavy atom. The maximum atomic E-state index is 10.9. The first-order valence-electron chi connectivity index (χ1n) is 7.12. The standard InChI is InChI=1S/C15H22N2O4/c1-15(2,3)16-9-11-8-12(17(18)19)4-5-14(11)21-13-6-7-20-10-13/h4-5,8,13,16H,6-7,9-10H2,1-3H3. The Bertz CT molecular complexity index is 505. The molecule has 0 spiro atoms. The highest BCUT2D eigenvalue weighted by Gasteiger charge is 2.20. The number of hydrogen-bond acceptors (Lipinski definition) is 5. The number of nitro benzene ring substituents is 1. The van der Waals surface area contributed by atoms with Crippen molar-refractivity contribution in [1.82, 2.24) is 5.32 Å². The summed E-state index contributed by atoms with van der Waals surface area (Å²) in [5.74, 6) is 0.688. The molecule has 0 aliphatic carbocycles. The van der Waals surface area contributed by atoms with E-state index >= 15 is 0 Å². The molecule has 116 valence electrons. The number of nitro groups is 1. The maximum absolute atomic E-state index is 10.9. The molecule has 2 rings (SSSR count). The molecule has 1 aliphatic heterocycles. The maximum Gasteiger partial charge on any atom is 0.270 e. The molecular formula is C15H22N2O4. The molecule has 1 saturated heterocycles. The molecule has 6 nitrogen and oxygen atoms in total. The van der Waals surface area contributed by atoms with Gasteiger partial charge >= 0.3 is 0 Å². The molecule has 1 N–H and O–H groups in total. The summed E-state index contributed by atoms with van der Waals surface area (Å²) in [5, 5.41) is 14.3. The van der Waals surface area contributed by atoms with Crippen molar-refractivity contribution in [2.75, 3.05) is 13.2 Å². The summed E-state index contributed by atoms with van der Waals surface area (Å²) >= 11 is 0. The molecule has 1 unspecified atom stereocenters. The third-order valence-electron chi connectivity index (χ3n) is 3.25. The lowest BCUT2D eigenvalue weighted by Gasteiger charge is -2.22. The molecule has 0 aromatic heterocycles. The first kappa shape index (κ1) is 15.7. The summed E-state index contributed by atoms with van der Waals surface area (Å²) in [5.41, 5.74) is 0.806. The van der Waals surface area contributed by atoms with Crippen molar-refractivity contribution in [3.63, 3.8) is 0 Å². The van der Waals surface area contributed by atoms with Crippen LogP contribution >= 0.6 is 0 Å². The Kier molecular flexibility index (Phi) is 4.80. The van der Waals surface area contributed by atoms with E-state index in [0.29, 0.717) is 25.5 Å². The summed E-state index contributed by atoms with van der Waals surface area (Å²) in [6.07, 6.45) is 0.878. The quantitative estimate of drug-likeness (QED) is 0.667. The van der Waals surface area contributed by atoms with E-state index in [0.717, 1.165) is 12.0 Å². The minimum Gasteiger partial charge on any atom is -0.488 e. The number of rotatable bonds is 5. The lowest BCUT2D eigenvalue weighted by atomic mass is 10.1. The molecule has 1 atom stereocenters. The van der Waals surface area contributed by atoms with Crippen molar-refractivity contribution < 1.29 is 14.4 Å². The van der Waals surface area contributed by atoms with Crippen LogP contribution in [0.15, 0.2) is 18.2 Å². The van der Waals surface area contributed by atoms with Crippen molar-refractivity contribution in [1.29, 1.82) is 0 Å². The second-order valence-corrected chi connectivity index (χ2v) is 6.26. The Balaban J connectivity index is 2.18. The highest BCUT2D eigenvalue weighted by atomic mass is 16.6. The van der Waals surface area contributed by atoms with Crippen molar-refractivity contribution in [2.24, 2.45) is 0 Å². The van der Waals surface area contributed by atoms with Gasteiger partial charge in [0.15, 0.2) is 0 Å². The van der Waals surface area contributed by atoms with Gasteiger partial charge in [0.25, 0.3) is 5.69 Å². The SMILES string of the molecule is CC(C)(C)NCc1cc([N+](=O)[O-])ccc1OC1CCOC1. The Morgan fingerprint density at radius 1 is 1.48 bits per heavy atom. The van der Waals surface area contributed by atoms with Gasteiger partial charge < -0.3 is 14.8 Å². The number of non-ortho nitro benzene ring substituents is 1. The van der Waals surface area contributed by atoms with Crippen LogP contribution in [0.5, 0.6) is 5.75 Å². The van der Waals surface area contributed by atoms with Crippen LogP contribution in [0, 0.1) is 10.1 Å². The molecule has 1 aromatic carbocycles. The number of hydrogen-bond donors (Lipinski definition) is 1. The average Bonchev–Trinajstić information content (AvgIpc) is 2.89. The highest BCUT2D eigenvalue weighted by molar-refractivity contribution is 5.44. The summed E-state index contributed by atoms with van der Waals surface area (Å²) in [6.45, 7) is 7.95. The molecule has 0 amide bonds. The number of benzene rings is 1. The number of ether oxygens (including phenoxy) is 2. The third-order valence-corrected chi connectivity index (χ3v) is 3.25. The minimum absolute atomic E-state index is 0.0276. The average molecular weight is 294 g/mol. The van der Waals surface area contributed by atoms with Gasteiger partial charge in [-0.15, -0.1) is 0 Å². The van der Waals surface area contributed by atoms with E-state index in [-0.39, 0.29) is 22.3 Å². The van der Waals surface area contributed by atoms with E-state index < -0.39 is 0 Å². The predicted molar refractivity (Wildman–Crippen MR) is 79.5 cm³/mol. The highest BCUT2D eigenvalue weighted by Crippen LogP contribution is 2.27. The zero-order valence-corrected chi connectivity index (χ0v) is 12.7. The van der Waals surface area contributed by atoms with Crippen molar-refractivity contribution in [3.8, 4) is 5.75 Å². The summed E-state index contributed by atoms with van der Waals surface area (Å²) in [4.78, 5) is 10.5. The van der Waals surface area contributed by atoms with E-state index in [9.17, 15) is 10.1 Å². The van der Waals surface area contributed by atoms with Gasteiger partial charge in [0, 0.05) is 36.2 Å². The summed E-state index contributed by atoms with van der Waals surface area (Å²) in [7, 11) is 0. The van der Waals surface area contributed by atoms with Gasteiger partial charge in [0.1, 0.15) is 11.9 Å². The fourth-order valence-electron chi connectivity index (χ4n) is 2.08. The van der Waals surface area contributed by atoms with Crippen LogP contribution in [0.2, 0.25) is 0 Å². The molecule has 1 heterocycles. The smallest absolute Gasteiger partial charge is 0.270 e. The fourth-order valence-corrected chi connectivity index (χ4v) is 2.08. The zero-order chi connectivity index (χ0) is 15.5. The van der Waals surface area contributed by atoms with Gasteiger partial charge in [0.05, 0.1) is 18.1 Å². The first-order chi connectivity index (χ1) is 9.85. The van der Waals surface area contributed by atoms with E-state index in [2.05, 4.69) is 26.1 Å². The van der Waals surface area contributed by atoms with Gasteiger partial charge in [0.2, 0.25) is 0 Å². The van der Waals surface area contributed by atoms with E-state index in [1.54, 1.807) is 12.1 Å². The molecular weight excluding hydrogens is 272 g/mol. The van der Waals surface area contributed by atoms with Crippen molar-refractivity contribution in [2.45, 2.75) is 45.4 Å². The number of nitrogens with zero attached hydrogens (tertiary/aromatic N) is 1. The normalized spacial score (nSPS) is 18.7. The van der Waals surface area contributed by atoms with Crippen LogP contribution in [0.1, 0.15) is 32.8 Å². The molecule has 0 radical (unpaired) electrons. The van der Waals surface area contributed by atoms with Crippen molar-refractivity contribution >= 4 is 5.69 Å². The van der Waals surface area contributed by atoms with Gasteiger partial charge in [-0.05, 0) is 26.8 Å². The van der Waals surface area contributed by atoms with Crippen LogP contribution in [-0.4, -0.2) is 29.8 Å². The van der Waals surface area contributed by atoms with Crippen LogP contribution in [0.4, 0.5) is 5.69 Å². The second kappa shape index (κ2) is 6.41. The van der Waals surface area contributed by atoms with Crippen LogP contribution in [0.25, 0.3) is 0 Å². The van der Waals surface area contributed by atoms with Gasteiger partial charge in [-0.25, -0.2) is 0 Å². The molecule has 6 heteroatoms. The predicted octanol–water partition coefficient (Wildman–Crippen LogP) is 2.65. The fraction of sp³-hybridized carbons (Fsp3) is 0.600. The van der Waals surface area contributed by atoms with Crippen LogP contribution in [0.3, 0.4) is 0 Å². The molecule has 0 bridgehead atoms. The minimum atomic E-state index is -0.386. The Morgan fingerprint density at radius 2 is 2.24 bits per heavy atom. The largest absolute Gasteiger partial charge is 0.488 e. The van der Waals surface area contributed by atoms with E-state index in [1.165, 1.54) is 6.07 Å². The van der Waals surface area contributed by atoms with Crippen LogP contribution < -0.4 is 10.1 Å². The molecule has 1 fully saturated rings. The zero-order valence-electron chi connectivity index (χ0n) is 12.7. The lowest BCUT2D eigenvalue weighted by molar-refractivity contribution is -0.384. The lowest BCUT2D eigenvalue weighted by Crippen LogP contribution is -2.35. The third kappa shape index (κ3) is 4.68. The Labute approximate surface area is 124 Å². The Hall–Kier alpha value is -1.66. The molecule has 0 saturated carbocycles. The monoisotopic (exact) mass is 294 g/mol. The summed E-state index contributed by atoms with van der Waals surface area (Å²) in [6, 6.07) is 4.73. The van der Waals surface area contributed by atoms with Gasteiger partial charge in [-0.3, -0.25) is 10.1 Å². The molecule has 21 heavy (non-hydrogen) atoms. The van der Waals surface area contributed by atoms with Crippen molar-refractivity contribution in [3.05, 3.63) is 33.9 Å². The first-order valence-corrected chi connectivity index (χ1v) is 7.12. The number of nitrogens with one attached hydrogen (secondary N) is 1. The van der Waals surface area contributed by atoms with E-state index in [1.807, 2.05) is 0 Å². The topological polar surface area (TPSA) is 73.6 Å². The summed E-state index contributed by atoms with van der Waals surface area (Å²) < 4.78 is 11.2. The second-order valence-electron chi connectivity index (χ2n) is 6.26. The van der Waals surface area contributed by atoms with Gasteiger partial charge in [-0.2, -0.15) is 0 Å². The molecule has 1 aliphatic rings. The van der Waals surface area contributed by atoms with Crippen LogP contribution in [-0.2, 0) is 11.3 Å². The van der Waals surface area contributed by atoms with E-state index in [4.69, 9.17) is 9.47 Å².